The summed E-state index contributed by atoms with van der Waals surface area (Å²) in [5.41, 5.74) is 4.49. The highest BCUT2D eigenvalue weighted by Crippen LogP contribution is 2.31. The van der Waals surface area contributed by atoms with Crippen molar-refractivity contribution in [2.75, 3.05) is 26.2 Å². The van der Waals surface area contributed by atoms with Gasteiger partial charge in [-0.25, -0.2) is 12.8 Å². The summed E-state index contributed by atoms with van der Waals surface area (Å²) in [5.74, 6) is -2.14. The molecule has 3 N–H and O–H groups in total. The fourth-order valence-electron chi connectivity index (χ4n) is 2.74. The molecule has 1 unspecified atom stereocenters. The lowest BCUT2D eigenvalue weighted by Crippen LogP contribution is -2.46. The number of sulfonamides is 1. The maximum absolute atomic E-state index is 14.1. The molecule has 1 saturated heterocycles. The quantitative estimate of drug-likeness (QED) is 0.540. The van der Waals surface area contributed by atoms with Crippen LogP contribution < -0.4 is 11.1 Å². The van der Waals surface area contributed by atoms with E-state index in [1.807, 2.05) is 0 Å². The van der Waals surface area contributed by atoms with Crippen molar-refractivity contribution in [2.24, 2.45) is 11.7 Å². The summed E-state index contributed by atoms with van der Waals surface area (Å²) in [7, 11) is -4.44. The van der Waals surface area contributed by atoms with Crippen molar-refractivity contribution in [1.29, 1.82) is 0 Å². The Morgan fingerprint density at radius 1 is 1.48 bits per heavy atom. The number of rotatable bonds is 6. The summed E-state index contributed by atoms with van der Waals surface area (Å²) in [5, 5.41) is 13.7. The SMILES string of the molecule is NCCNC(=O)C1CCCN(S(=O)(=O)c2c(F)cccc2[N+](=O)[O-])C1. The molecule has 0 spiro atoms. The van der Waals surface area contributed by atoms with Crippen LogP contribution in [0.25, 0.3) is 0 Å². The second-order valence-electron chi connectivity index (χ2n) is 5.63. The van der Waals surface area contributed by atoms with Crippen molar-refractivity contribution in [3.8, 4) is 0 Å². The maximum Gasteiger partial charge on any atom is 0.292 e. The van der Waals surface area contributed by atoms with Crippen LogP contribution in [0.5, 0.6) is 0 Å². The van der Waals surface area contributed by atoms with Crippen LogP contribution in [-0.4, -0.2) is 49.7 Å². The van der Waals surface area contributed by atoms with Crippen LogP contribution in [-0.2, 0) is 14.8 Å². The smallest absolute Gasteiger partial charge is 0.292 e. The average molecular weight is 374 g/mol. The molecule has 0 radical (unpaired) electrons. The monoisotopic (exact) mass is 374 g/mol. The van der Waals surface area contributed by atoms with E-state index in [-0.39, 0.29) is 32.1 Å². The molecular formula is C14H19FN4O5S. The topological polar surface area (TPSA) is 136 Å². The summed E-state index contributed by atoms with van der Waals surface area (Å²) in [6, 6.07) is 2.87. The van der Waals surface area contributed by atoms with Gasteiger partial charge in [0.05, 0.1) is 10.8 Å². The first-order chi connectivity index (χ1) is 11.8. The van der Waals surface area contributed by atoms with Gasteiger partial charge in [0.2, 0.25) is 5.91 Å². The molecule has 1 atom stereocenters. The van der Waals surface area contributed by atoms with Gasteiger partial charge in [-0.15, -0.1) is 0 Å². The molecule has 0 bridgehead atoms. The molecule has 25 heavy (non-hydrogen) atoms. The van der Waals surface area contributed by atoms with Gasteiger partial charge in [-0.05, 0) is 18.9 Å². The zero-order valence-corrected chi connectivity index (χ0v) is 14.2. The number of nitro groups is 1. The van der Waals surface area contributed by atoms with E-state index >= 15 is 0 Å². The van der Waals surface area contributed by atoms with Crippen LogP contribution in [0, 0.1) is 21.8 Å². The standard InChI is InChI=1S/C14H19FN4O5S/c15-11-4-1-5-12(19(21)22)13(11)25(23,24)18-8-2-3-10(9-18)14(20)17-7-6-16/h1,4-5,10H,2-3,6-9,16H2,(H,17,20). The number of nitrogens with two attached hydrogens (primary N) is 1. The van der Waals surface area contributed by atoms with Gasteiger partial charge >= 0.3 is 0 Å². The van der Waals surface area contributed by atoms with E-state index in [4.69, 9.17) is 5.73 Å². The molecule has 138 valence electrons. The molecule has 1 amide bonds. The Morgan fingerprint density at radius 2 is 2.20 bits per heavy atom. The number of amides is 1. The van der Waals surface area contributed by atoms with Crippen molar-refractivity contribution >= 4 is 21.6 Å². The summed E-state index contributed by atoms with van der Waals surface area (Å²) >= 11 is 0. The number of nitrogens with zero attached hydrogens (tertiary/aromatic N) is 2. The Hall–Kier alpha value is -2.11. The number of piperidine rings is 1. The van der Waals surface area contributed by atoms with Crippen LogP contribution in [0.4, 0.5) is 10.1 Å². The molecule has 1 aromatic carbocycles. The second kappa shape index (κ2) is 7.85. The van der Waals surface area contributed by atoms with Crippen LogP contribution in [0.15, 0.2) is 23.1 Å². The average Bonchev–Trinajstić information content (AvgIpc) is 2.59. The zero-order chi connectivity index (χ0) is 18.6. The highest BCUT2D eigenvalue weighted by molar-refractivity contribution is 7.89. The number of nitrogens with one attached hydrogen (secondary N) is 1. The van der Waals surface area contributed by atoms with E-state index in [0.717, 1.165) is 22.5 Å². The lowest BCUT2D eigenvalue weighted by atomic mass is 9.99. The van der Waals surface area contributed by atoms with Crippen LogP contribution in [0.2, 0.25) is 0 Å². The van der Waals surface area contributed by atoms with E-state index in [1.165, 1.54) is 0 Å². The predicted molar refractivity (Wildman–Crippen MR) is 86.6 cm³/mol. The molecule has 0 aromatic heterocycles. The van der Waals surface area contributed by atoms with E-state index in [0.29, 0.717) is 12.8 Å². The van der Waals surface area contributed by atoms with E-state index in [2.05, 4.69) is 5.32 Å². The van der Waals surface area contributed by atoms with Gasteiger partial charge in [-0.1, -0.05) is 6.07 Å². The fraction of sp³-hybridized carbons (Fsp3) is 0.500. The van der Waals surface area contributed by atoms with E-state index in [9.17, 15) is 27.7 Å². The third-order valence-electron chi connectivity index (χ3n) is 3.94. The lowest BCUT2D eigenvalue weighted by Gasteiger charge is -2.31. The van der Waals surface area contributed by atoms with Crippen molar-refractivity contribution in [3.63, 3.8) is 0 Å². The van der Waals surface area contributed by atoms with E-state index < -0.39 is 37.3 Å². The van der Waals surface area contributed by atoms with Crippen LogP contribution in [0.1, 0.15) is 12.8 Å². The third-order valence-corrected chi connectivity index (χ3v) is 5.87. The lowest BCUT2D eigenvalue weighted by molar-refractivity contribution is -0.388. The largest absolute Gasteiger partial charge is 0.355 e. The molecule has 1 aliphatic heterocycles. The minimum absolute atomic E-state index is 0.0640. The number of halogens is 1. The first kappa shape index (κ1) is 19.2. The van der Waals surface area contributed by atoms with Gasteiger partial charge in [0, 0.05) is 32.2 Å². The number of hydrogen-bond acceptors (Lipinski definition) is 6. The summed E-state index contributed by atoms with van der Waals surface area (Å²) in [4.78, 5) is 21.2. The Balaban J connectivity index is 2.31. The van der Waals surface area contributed by atoms with Crippen molar-refractivity contribution in [1.82, 2.24) is 9.62 Å². The Kier molecular flexibility index (Phi) is 6.03. The molecule has 11 heteroatoms. The Morgan fingerprint density at radius 3 is 2.84 bits per heavy atom. The fourth-order valence-corrected chi connectivity index (χ4v) is 4.47. The third kappa shape index (κ3) is 4.11. The van der Waals surface area contributed by atoms with Gasteiger partial charge in [0.25, 0.3) is 15.7 Å². The summed E-state index contributed by atoms with van der Waals surface area (Å²) in [6.45, 7) is 0.418. The number of hydrogen-bond donors (Lipinski definition) is 2. The van der Waals surface area contributed by atoms with Gasteiger partial charge in [-0.2, -0.15) is 4.31 Å². The highest BCUT2D eigenvalue weighted by atomic mass is 32.2. The molecule has 1 fully saturated rings. The Bertz CT molecular complexity index is 770. The molecule has 9 nitrogen and oxygen atoms in total. The summed E-state index contributed by atoms with van der Waals surface area (Å²) < 4.78 is 40.5. The molecule has 2 rings (SSSR count). The number of carbonyl (C=O) groups excluding carboxylic acids is 1. The first-order valence-corrected chi connectivity index (χ1v) is 9.14. The maximum atomic E-state index is 14.1. The van der Waals surface area contributed by atoms with Crippen LogP contribution in [0.3, 0.4) is 0 Å². The van der Waals surface area contributed by atoms with Crippen molar-refractivity contribution < 1.29 is 22.5 Å². The van der Waals surface area contributed by atoms with Gasteiger partial charge < -0.3 is 11.1 Å². The minimum atomic E-state index is -4.44. The van der Waals surface area contributed by atoms with Crippen LogP contribution >= 0.6 is 0 Å². The van der Waals surface area contributed by atoms with Crippen molar-refractivity contribution in [2.45, 2.75) is 17.7 Å². The number of benzene rings is 1. The van der Waals surface area contributed by atoms with Gasteiger partial charge in [0.15, 0.2) is 4.90 Å². The number of carbonyl (C=O) groups is 1. The normalized spacial score (nSPS) is 18.7. The van der Waals surface area contributed by atoms with Gasteiger partial charge in [-0.3, -0.25) is 14.9 Å². The molecule has 0 aliphatic carbocycles. The summed E-state index contributed by atoms with van der Waals surface area (Å²) in [6.07, 6.45) is 0.865. The minimum Gasteiger partial charge on any atom is -0.355 e. The molecule has 1 heterocycles. The molecular weight excluding hydrogens is 355 g/mol. The van der Waals surface area contributed by atoms with Gasteiger partial charge in [0.1, 0.15) is 5.82 Å². The second-order valence-corrected chi connectivity index (χ2v) is 7.50. The molecule has 1 aliphatic rings. The highest BCUT2D eigenvalue weighted by Gasteiger charge is 2.38. The molecule has 1 aromatic rings. The zero-order valence-electron chi connectivity index (χ0n) is 13.4. The number of nitro benzene ring substituents is 1. The predicted octanol–water partition coefficient (Wildman–Crippen LogP) is 0.209. The van der Waals surface area contributed by atoms with E-state index in [1.54, 1.807) is 0 Å². The first-order valence-electron chi connectivity index (χ1n) is 7.70. The Labute approximate surface area is 144 Å². The molecule has 0 saturated carbocycles. The van der Waals surface area contributed by atoms with Crippen molar-refractivity contribution in [3.05, 3.63) is 34.1 Å².